The number of hydrogen-bond acceptors (Lipinski definition) is 3. The fourth-order valence-electron chi connectivity index (χ4n) is 1.15. The number of benzene rings is 1. The number of carbonyl (C=O) groups is 1. The highest BCUT2D eigenvalue weighted by molar-refractivity contribution is 6.12. The Morgan fingerprint density at radius 1 is 1.42 bits per heavy atom. The summed E-state index contributed by atoms with van der Waals surface area (Å²) in [7, 11) is 0. The zero-order valence-electron chi connectivity index (χ0n) is 5.90. The molecule has 0 fully saturated rings. The van der Waals surface area contributed by atoms with Crippen LogP contribution < -0.4 is 5.32 Å². The van der Waals surface area contributed by atoms with Crippen LogP contribution in [0.15, 0.2) is 18.2 Å². The number of amides is 1. The maximum absolute atomic E-state index is 11.0. The standard InChI is InChI=1S/C7H4N2O3/c10-7-5-3-4(8-7)1-2-6(5)9(11)12/h1-3H,(H,8,10). The van der Waals surface area contributed by atoms with Crippen molar-refractivity contribution in [2.75, 3.05) is 5.32 Å². The van der Waals surface area contributed by atoms with Crippen molar-refractivity contribution < 1.29 is 9.72 Å². The highest BCUT2D eigenvalue weighted by Gasteiger charge is 2.25. The molecule has 0 spiro atoms. The molecular formula is C7H4N2O3. The second-order valence-electron chi connectivity index (χ2n) is 2.44. The lowest BCUT2D eigenvalue weighted by Crippen LogP contribution is -2.05. The molecule has 1 amide bonds. The molecule has 0 radical (unpaired) electrons. The van der Waals surface area contributed by atoms with E-state index in [4.69, 9.17) is 0 Å². The third kappa shape index (κ3) is 0.763. The summed E-state index contributed by atoms with van der Waals surface area (Å²) < 4.78 is 0. The molecule has 60 valence electrons. The van der Waals surface area contributed by atoms with E-state index in [1.807, 2.05) is 0 Å². The average molecular weight is 164 g/mol. The molecule has 5 heteroatoms. The van der Waals surface area contributed by atoms with E-state index < -0.39 is 10.8 Å². The van der Waals surface area contributed by atoms with Gasteiger partial charge in [-0.05, 0) is 12.1 Å². The first-order valence-electron chi connectivity index (χ1n) is 3.28. The van der Waals surface area contributed by atoms with E-state index in [0.717, 1.165) is 0 Å². The molecule has 1 N–H and O–H groups in total. The van der Waals surface area contributed by atoms with Crippen molar-refractivity contribution in [2.45, 2.75) is 0 Å². The number of hydrogen-bond donors (Lipinski definition) is 1. The van der Waals surface area contributed by atoms with Crippen molar-refractivity contribution in [3.63, 3.8) is 0 Å². The Morgan fingerprint density at radius 2 is 2.17 bits per heavy atom. The summed E-state index contributed by atoms with van der Waals surface area (Å²) >= 11 is 0. The Bertz CT molecular complexity index is 386. The molecule has 1 aromatic rings. The SMILES string of the molecule is O=C1Nc2ccc([N+](=O)[O-])c1c2. The molecule has 12 heavy (non-hydrogen) atoms. The molecule has 5 nitrogen and oxygen atoms in total. The van der Waals surface area contributed by atoms with Gasteiger partial charge in [-0.1, -0.05) is 0 Å². The predicted molar refractivity (Wildman–Crippen MR) is 41.0 cm³/mol. The van der Waals surface area contributed by atoms with Gasteiger partial charge in [0.25, 0.3) is 11.6 Å². The lowest BCUT2D eigenvalue weighted by Gasteiger charge is -1.90. The molecule has 2 rings (SSSR count). The van der Waals surface area contributed by atoms with Crippen molar-refractivity contribution in [1.82, 2.24) is 0 Å². The Hall–Kier alpha value is -1.91. The Labute approximate surface area is 67.2 Å². The minimum absolute atomic E-state index is 0.137. The van der Waals surface area contributed by atoms with Gasteiger partial charge in [0.2, 0.25) is 0 Å². The maximum Gasteiger partial charge on any atom is 0.282 e. The van der Waals surface area contributed by atoms with Crippen molar-refractivity contribution in [2.24, 2.45) is 0 Å². The number of fused-ring (bicyclic) bond motifs is 2. The number of nitro groups is 1. The lowest BCUT2D eigenvalue weighted by molar-refractivity contribution is -0.385. The molecular weight excluding hydrogens is 160 g/mol. The van der Waals surface area contributed by atoms with Gasteiger partial charge in [0.1, 0.15) is 5.56 Å². The monoisotopic (exact) mass is 164 g/mol. The topological polar surface area (TPSA) is 72.2 Å². The van der Waals surface area contributed by atoms with E-state index in [9.17, 15) is 14.9 Å². The highest BCUT2D eigenvalue weighted by Crippen LogP contribution is 2.28. The van der Waals surface area contributed by atoms with E-state index in [1.165, 1.54) is 18.2 Å². The first-order valence-corrected chi connectivity index (χ1v) is 3.28. The second-order valence-corrected chi connectivity index (χ2v) is 2.44. The molecule has 2 bridgehead atoms. The zero-order chi connectivity index (χ0) is 8.72. The Morgan fingerprint density at radius 3 is 2.83 bits per heavy atom. The van der Waals surface area contributed by atoms with Crippen LogP contribution in [0.2, 0.25) is 0 Å². The van der Waals surface area contributed by atoms with E-state index in [-0.39, 0.29) is 11.3 Å². The van der Waals surface area contributed by atoms with Crippen LogP contribution in [-0.4, -0.2) is 10.8 Å². The average Bonchev–Trinajstić information content (AvgIpc) is 2.28. The van der Waals surface area contributed by atoms with Gasteiger partial charge in [0.05, 0.1) is 4.92 Å². The summed E-state index contributed by atoms with van der Waals surface area (Å²) in [6.45, 7) is 0. The lowest BCUT2D eigenvalue weighted by atomic mass is 10.2. The number of rotatable bonds is 1. The zero-order valence-corrected chi connectivity index (χ0v) is 5.90. The molecule has 0 atom stereocenters. The minimum atomic E-state index is -0.565. The maximum atomic E-state index is 11.0. The van der Waals surface area contributed by atoms with Gasteiger partial charge in [-0.2, -0.15) is 0 Å². The first-order chi connectivity index (χ1) is 5.68. The molecule has 0 aliphatic carbocycles. The Balaban J connectivity index is 2.64. The van der Waals surface area contributed by atoms with E-state index in [0.29, 0.717) is 5.69 Å². The third-order valence-electron chi connectivity index (χ3n) is 1.70. The quantitative estimate of drug-likeness (QED) is 0.500. The smallest absolute Gasteiger partial charge is 0.282 e. The van der Waals surface area contributed by atoms with Crippen molar-refractivity contribution in [3.8, 4) is 0 Å². The first kappa shape index (κ1) is 6.78. The summed E-state index contributed by atoms with van der Waals surface area (Å²) in [5.41, 5.74) is 0.604. The van der Waals surface area contributed by atoms with Gasteiger partial charge >= 0.3 is 0 Å². The van der Waals surface area contributed by atoms with Crippen LogP contribution >= 0.6 is 0 Å². The van der Waals surface area contributed by atoms with Crippen LogP contribution in [0.3, 0.4) is 0 Å². The highest BCUT2D eigenvalue weighted by atomic mass is 16.6. The normalized spacial score (nSPS) is 12.8. The number of anilines is 1. The number of nitrogens with one attached hydrogen (secondary N) is 1. The summed E-state index contributed by atoms with van der Waals surface area (Å²) in [5, 5.41) is 12.8. The summed E-state index contributed by atoms with van der Waals surface area (Å²) in [4.78, 5) is 20.8. The van der Waals surface area contributed by atoms with Crippen LogP contribution in [0.25, 0.3) is 0 Å². The molecule has 0 unspecified atom stereocenters. The summed E-state index contributed by atoms with van der Waals surface area (Å²) in [5.74, 6) is -0.401. The van der Waals surface area contributed by atoms with E-state index >= 15 is 0 Å². The van der Waals surface area contributed by atoms with Gasteiger partial charge in [-0.25, -0.2) is 0 Å². The van der Waals surface area contributed by atoms with Gasteiger partial charge < -0.3 is 5.32 Å². The van der Waals surface area contributed by atoms with Gasteiger partial charge in [-0.3, -0.25) is 14.9 Å². The fraction of sp³-hybridized carbons (Fsp3) is 0. The van der Waals surface area contributed by atoms with Crippen LogP contribution in [0.4, 0.5) is 11.4 Å². The van der Waals surface area contributed by atoms with Gasteiger partial charge in [0, 0.05) is 11.8 Å². The summed E-state index contributed by atoms with van der Waals surface area (Å²) in [6.07, 6.45) is 0. The van der Waals surface area contributed by atoms with Crippen LogP contribution in [0, 0.1) is 10.1 Å². The molecule has 1 aliphatic rings. The van der Waals surface area contributed by atoms with Crippen molar-refractivity contribution >= 4 is 17.3 Å². The van der Waals surface area contributed by atoms with Gasteiger partial charge in [-0.15, -0.1) is 0 Å². The molecule has 1 aromatic carbocycles. The van der Waals surface area contributed by atoms with E-state index in [2.05, 4.69) is 5.32 Å². The third-order valence-corrected chi connectivity index (χ3v) is 1.70. The largest absolute Gasteiger partial charge is 0.322 e. The molecule has 0 saturated heterocycles. The molecule has 1 heterocycles. The van der Waals surface area contributed by atoms with Crippen LogP contribution in [-0.2, 0) is 0 Å². The van der Waals surface area contributed by atoms with Crippen LogP contribution in [0.5, 0.6) is 0 Å². The summed E-state index contributed by atoms with van der Waals surface area (Å²) in [6, 6.07) is 4.30. The predicted octanol–water partition coefficient (Wildman–Crippen LogP) is 1.16. The number of carbonyl (C=O) groups excluding carboxylic acids is 1. The minimum Gasteiger partial charge on any atom is -0.322 e. The molecule has 1 aliphatic heterocycles. The second kappa shape index (κ2) is 2.04. The number of nitro benzene ring substituents is 1. The molecule has 0 saturated carbocycles. The van der Waals surface area contributed by atoms with Crippen molar-refractivity contribution in [3.05, 3.63) is 33.9 Å². The fourth-order valence-corrected chi connectivity index (χ4v) is 1.15. The van der Waals surface area contributed by atoms with E-state index in [1.54, 1.807) is 0 Å². The van der Waals surface area contributed by atoms with Crippen LogP contribution in [0.1, 0.15) is 10.4 Å². The molecule has 0 aromatic heterocycles. The van der Waals surface area contributed by atoms with Gasteiger partial charge in [0.15, 0.2) is 0 Å². The number of nitrogens with zero attached hydrogens (tertiary/aromatic N) is 1. The Kier molecular flexibility index (Phi) is 1.15. The van der Waals surface area contributed by atoms with Crippen molar-refractivity contribution in [1.29, 1.82) is 0 Å².